The van der Waals surface area contributed by atoms with Gasteiger partial charge in [0.25, 0.3) is 5.69 Å². The van der Waals surface area contributed by atoms with Crippen LogP contribution < -0.4 is 4.90 Å². The van der Waals surface area contributed by atoms with Gasteiger partial charge in [-0.1, -0.05) is 0 Å². The van der Waals surface area contributed by atoms with Crippen molar-refractivity contribution in [3.8, 4) is 6.07 Å². The van der Waals surface area contributed by atoms with E-state index in [1.54, 1.807) is 6.07 Å². The minimum atomic E-state index is -0.452. The smallest absolute Gasteiger partial charge is 0.270 e. The van der Waals surface area contributed by atoms with E-state index in [1.165, 1.54) is 18.6 Å². The number of benzene rings is 1. The molecule has 0 spiro atoms. The Bertz CT molecular complexity index is 637. The van der Waals surface area contributed by atoms with E-state index in [4.69, 9.17) is 4.74 Å². The molecule has 1 unspecified atom stereocenters. The van der Waals surface area contributed by atoms with Gasteiger partial charge in [-0.25, -0.2) is 0 Å². The van der Waals surface area contributed by atoms with Crippen LogP contribution in [0.1, 0.15) is 24.8 Å². The highest BCUT2D eigenvalue weighted by molar-refractivity contribution is 5.63. The Labute approximate surface area is 141 Å². The van der Waals surface area contributed by atoms with E-state index in [1.807, 2.05) is 0 Å². The summed E-state index contributed by atoms with van der Waals surface area (Å²) in [5.41, 5.74) is 1.18. The van der Waals surface area contributed by atoms with Crippen LogP contribution in [0.3, 0.4) is 0 Å². The van der Waals surface area contributed by atoms with Gasteiger partial charge in [-0.15, -0.1) is 0 Å². The van der Waals surface area contributed by atoms with Crippen molar-refractivity contribution in [1.82, 2.24) is 4.90 Å². The molecule has 3 rings (SSSR count). The number of nitrogens with zero attached hydrogens (tertiary/aromatic N) is 4. The predicted octanol–water partition coefficient (Wildman–Crippen LogP) is 2.16. The molecule has 1 aromatic carbocycles. The number of nitro groups is 1. The summed E-state index contributed by atoms with van der Waals surface area (Å²) in [6.45, 7) is 5.26. The van der Waals surface area contributed by atoms with Crippen LogP contribution in [-0.4, -0.2) is 55.3 Å². The zero-order valence-corrected chi connectivity index (χ0v) is 13.7. The summed E-state index contributed by atoms with van der Waals surface area (Å²) in [7, 11) is 0. The highest BCUT2D eigenvalue weighted by Crippen LogP contribution is 2.30. The van der Waals surface area contributed by atoms with Gasteiger partial charge in [-0.3, -0.25) is 15.0 Å². The second-order valence-electron chi connectivity index (χ2n) is 6.33. The van der Waals surface area contributed by atoms with Crippen molar-refractivity contribution in [1.29, 1.82) is 5.26 Å². The van der Waals surface area contributed by atoms with E-state index in [0.29, 0.717) is 11.6 Å². The van der Waals surface area contributed by atoms with Gasteiger partial charge in [0.1, 0.15) is 6.07 Å². The van der Waals surface area contributed by atoms with Gasteiger partial charge in [-0.05, 0) is 25.3 Å². The summed E-state index contributed by atoms with van der Waals surface area (Å²) in [6.07, 6.45) is 3.35. The topological polar surface area (TPSA) is 82.6 Å². The normalized spacial score (nSPS) is 22.1. The predicted molar refractivity (Wildman–Crippen MR) is 90.1 cm³/mol. The first-order valence-electron chi connectivity index (χ1n) is 8.44. The zero-order chi connectivity index (χ0) is 16.9. The molecule has 1 atom stereocenters. The van der Waals surface area contributed by atoms with Crippen LogP contribution in [0.2, 0.25) is 0 Å². The van der Waals surface area contributed by atoms with E-state index in [2.05, 4.69) is 15.9 Å². The lowest BCUT2D eigenvalue weighted by Crippen LogP contribution is -2.49. The number of piperidine rings is 1. The highest BCUT2D eigenvalue weighted by Gasteiger charge is 2.27. The molecule has 0 aliphatic carbocycles. The average Bonchev–Trinajstić information content (AvgIpc) is 2.62. The minimum Gasteiger partial charge on any atom is -0.379 e. The molecular formula is C17H22N4O3. The Morgan fingerprint density at radius 2 is 2.08 bits per heavy atom. The molecule has 24 heavy (non-hydrogen) atoms. The largest absolute Gasteiger partial charge is 0.379 e. The first-order valence-corrected chi connectivity index (χ1v) is 8.44. The van der Waals surface area contributed by atoms with Crippen LogP contribution in [-0.2, 0) is 4.74 Å². The number of nitriles is 1. The van der Waals surface area contributed by atoms with Crippen molar-refractivity contribution in [2.45, 2.75) is 25.3 Å². The maximum Gasteiger partial charge on any atom is 0.270 e. The molecule has 1 aromatic rings. The van der Waals surface area contributed by atoms with E-state index in [-0.39, 0.29) is 5.69 Å². The van der Waals surface area contributed by atoms with Crippen LogP contribution in [0.4, 0.5) is 11.4 Å². The third kappa shape index (κ3) is 3.66. The lowest BCUT2D eigenvalue weighted by Gasteiger charge is -2.41. The van der Waals surface area contributed by atoms with Gasteiger partial charge in [-0.2, -0.15) is 5.26 Å². The molecule has 0 amide bonds. The lowest BCUT2D eigenvalue weighted by molar-refractivity contribution is -0.384. The molecule has 128 valence electrons. The van der Waals surface area contributed by atoms with Gasteiger partial charge in [0, 0.05) is 44.4 Å². The van der Waals surface area contributed by atoms with Gasteiger partial charge < -0.3 is 9.64 Å². The average molecular weight is 330 g/mol. The SMILES string of the molecule is N#Cc1cc([N+](=O)[O-])ccc1N1CCCCC1CN1CCOCC1. The number of ether oxygens (including phenoxy) is 1. The van der Waals surface area contributed by atoms with E-state index < -0.39 is 4.92 Å². The van der Waals surface area contributed by atoms with Crippen molar-refractivity contribution in [3.63, 3.8) is 0 Å². The Morgan fingerprint density at radius 3 is 2.79 bits per heavy atom. The fraction of sp³-hybridized carbons (Fsp3) is 0.588. The summed E-state index contributed by atoms with van der Waals surface area (Å²) < 4.78 is 5.41. The molecule has 0 saturated carbocycles. The van der Waals surface area contributed by atoms with Gasteiger partial charge >= 0.3 is 0 Å². The Hall–Kier alpha value is -2.17. The standard InChI is InChI=1S/C17H22N4O3/c18-12-14-11-15(21(22)23)4-5-17(14)20-6-2-1-3-16(20)13-19-7-9-24-10-8-19/h4-5,11,16H,1-3,6-10,13H2. The maximum absolute atomic E-state index is 10.9. The number of hydrogen-bond acceptors (Lipinski definition) is 6. The van der Waals surface area contributed by atoms with Crippen molar-refractivity contribution in [2.75, 3.05) is 44.3 Å². The third-order valence-corrected chi connectivity index (χ3v) is 4.82. The molecular weight excluding hydrogens is 308 g/mol. The van der Waals surface area contributed by atoms with Gasteiger partial charge in [0.05, 0.1) is 29.4 Å². The van der Waals surface area contributed by atoms with E-state index in [9.17, 15) is 15.4 Å². The fourth-order valence-electron chi connectivity index (χ4n) is 3.57. The number of morpholine rings is 1. The lowest BCUT2D eigenvalue weighted by atomic mass is 9.99. The van der Waals surface area contributed by atoms with Crippen molar-refractivity contribution >= 4 is 11.4 Å². The minimum absolute atomic E-state index is 0.0305. The van der Waals surface area contributed by atoms with Crippen LogP contribution in [0, 0.1) is 21.4 Å². The molecule has 2 aliphatic heterocycles. The van der Waals surface area contributed by atoms with E-state index in [0.717, 1.165) is 57.9 Å². The zero-order valence-electron chi connectivity index (χ0n) is 13.7. The van der Waals surface area contributed by atoms with Crippen LogP contribution in [0.15, 0.2) is 18.2 Å². The fourth-order valence-corrected chi connectivity index (χ4v) is 3.57. The third-order valence-electron chi connectivity index (χ3n) is 4.82. The number of hydrogen-bond donors (Lipinski definition) is 0. The molecule has 2 aliphatic rings. The molecule has 2 heterocycles. The van der Waals surface area contributed by atoms with Crippen molar-refractivity contribution in [3.05, 3.63) is 33.9 Å². The molecule has 0 bridgehead atoms. The maximum atomic E-state index is 10.9. The molecule has 2 saturated heterocycles. The second kappa shape index (κ2) is 7.60. The van der Waals surface area contributed by atoms with Gasteiger partial charge in [0.2, 0.25) is 0 Å². The number of rotatable bonds is 4. The van der Waals surface area contributed by atoms with Crippen molar-refractivity contribution in [2.24, 2.45) is 0 Å². The quantitative estimate of drug-likeness (QED) is 0.621. The van der Waals surface area contributed by atoms with E-state index >= 15 is 0 Å². The first kappa shape index (κ1) is 16.7. The molecule has 0 aromatic heterocycles. The molecule has 0 N–H and O–H groups in total. The molecule has 2 fully saturated rings. The van der Waals surface area contributed by atoms with Crippen LogP contribution in [0.5, 0.6) is 0 Å². The first-order chi connectivity index (χ1) is 11.7. The Kier molecular flexibility index (Phi) is 5.28. The summed E-state index contributed by atoms with van der Waals surface area (Å²) in [6, 6.07) is 7.08. The summed E-state index contributed by atoms with van der Waals surface area (Å²) in [4.78, 5) is 15.2. The number of anilines is 1. The summed E-state index contributed by atoms with van der Waals surface area (Å²) >= 11 is 0. The Balaban J connectivity index is 1.82. The molecule has 7 nitrogen and oxygen atoms in total. The van der Waals surface area contributed by atoms with Crippen LogP contribution in [0.25, 0.3) is 0 Å². The molecule has 0 radical (unpaired) electrons. The summed E-state index contributed by atoms with van der Waals surface area (Å²) in [5, 5.41) is 20.4. The monoisotopic (exact) mass is 330 g/mol. The number of nitro benzene ring substituents is 1. The van der Waals surface area contributed by atoms with Gasteiger partial charge in [0.15, 0.2) is 0 Å². The summed E-state index contributed by atoms with van der Waals surface area (Å²) in [5.74, 6) is 0. The second-order valence-corrected chi connectivity index (χ2v) is 6.33. The van der Waals surface area contributed by atoms with Crippen molar-refractivity contribution < 1.29 is 9.66 Å². The highest BCUT2D eigenvalue weighted by atomic mass is 16.6. The van der Waals surface area contributed by atoms with Crippen LogP contribution >= 0.6 is 0 Å². The molecule has 7 heteroatoms. The number of non-ortho nitro benzene ring substituents is 1. The Morgan fingerprint density at radius 1 is 1.29 bits per heavy atom.